The molecule has 0 spiro atoms. The molecule has 1 rings (SSSR count). The van der Waals surface area contributed by atoms with Gasteiger partial charge in [0, 0.05) is 31.8 Å². The third kappa shape index (κ3) is 4.35. The van der Waals surface area contributed by atoms with E-state index in [4.69, 9.17) is 0 Å². The van der Waals surface area contributed by atoms with Crippen LogP contribution in [-0.2, 0) is 9.53 Å². The zero-order valence-electron chi connectivity index (χ0n) is 12.5. The van der Waals surface area contributed by atoms with E-state index in [2.05, 4.69) is 10.1 Å². The maximum Gasteiger partial charge on any atom is 0.305 e. The fourth-order valence-corrected chi connectivity index (χ4v) is 1.90. The maximum absolute atomic E-state index is 12.3. The number of methoxy groups -OCH3 is 1. The van der Waals surface area contributed by atoms with Gasteiger partial charge in [0.05, 0.1) is 13.2 Å². The van der Waals surface area contributed by atoms with Crippen molar-refractivity contribution >= 4 is 17.4 Å². The standard InChI is InChI=1S/C15H22N2O3/c1-16-13(9-10-14(18)20-4)15(19)11-5-7-12(8-6-11)17(2)3/h5-8,13,16H,9-10H2,1-4H3. The molecule has 5 nitrogen and oxygen atoms in total. The van der Waals surface area contributed by atoms with Crippen LogP contribution in [0, 0.1) is 0 Å². The molecule has 110 valence electrons. The van der Waals surface area contributed by atoms with E-state index in [9.17, 15) is 9.59 Å². The predicted molar refractivity (Wildman–Crippen MR) is 79.2 cm³/mol. The van der Waals surface area contributed by atoms with E-state index in [1.165, 1.54) is 7.11 Å². The number of carbonyl (C=O) groups excluding carboxylic acids is 2. The number of carbonyl (C=O) groups is 2. The molecular formula is C15H22N2O3. The first-order valence-corrected chi connectivity index (χ1v) is 6.55. The van der Waals surface area contributed by atoms with Crippen LogP contribution in [-0.4, -0.2) is 46.0 Å². The number of hydrogen-bond donors (Lipinski definition) is 1. The number of likely N-dealkylation sites (N-methyl/N-ethyl adjacent to an activating group) is 1. The Labute approximate surface area is 119 Å². The van der Waals surface area contributed by atoms with Gasteiger partial charge in [0.15, 0.2) is 5.78 Å². The Hall–Kier alpha value is -1.88. The fourth-order valence-electron chi connectivity index (χ4n) is 1.90. The quantitative estimate of drug-likeness (QED) is 0.604. The molecule has 0 aromatic heterocycles. The van der Waals surface area contributed by atoms with Crippen molar-refractivity contribution in [1.29, 1.82) is 0 Å². The van der Waals surface area contributed by atoms with E-state index in [1.807, 2.05) is 31.1 Å². The molecule has 0 saturated heterocycles. The number of nitrogens with zero attached hydrogens (tertiary/aromatic N) is 1. The van der Waals surface area contributed by atoms with Crippen LogP contribution in [0.15, 0.2) is 24.3 Å². The molecule has 0 amide bonds. The second-order valence-corrected chi connectivity index (χ2v) is 4.76. The molecule has 1 N–H and O–H groups in total. The van der Waals surface area contributed by atoms with Crippen molar-refractivity contribution in [2.75, 3.05) is 33.2 Å². The summed E-state index contributed by atoms with van der Waals surface area (Å²) in [4.78, 5) is 25.4. The third-order valence-electron chi connectivity index (χ3n) is 3.20. The van der Waals surface area contributed by atoms with E-state index in [-0.39, 0.29) is 24.2 Å². The van der Waals surface area contributed by atoms with Crippen molar-refractivity contribution in [1.82, 2.24) is 5.32 Å². The van der Waals surface area contributed by atoms with Crippen LogP contribution in [0.1, 0.15) is 23.2 Å². The van der Waals surface area contributed by atoms with Gasteiger partial charge < -0.3 is 15.0 Å². The molecule has 1 aromatic carbocycles. The summed E-state index contributed by atoms with van der Waals surface area (Å²) in [6, 6.07) is 7.04. The van der Waals surface area contributed by atoms with E-state index in [0.29, 0.717) is 12.0 Å². The first-order chi connectivity index (χ1) is 9.49. The van der Waals surface area contributed by atoms with Crippen molar-refractivity contribution in [2.24, 2.45) is 0 Å². The summed E-state index contributed by atoms with van der Waals surface area (Å²) in [6.07, 6.45) is 0.654. The second-order valence-electron chi connectivity index (χ2n) is 4.76. The highest BCUT2D eigenvalue weighted by atomic mass is 16.5. The molecule has 0 heterocycles. The number of rotatable bonds is 7. The van der Waals surface area contributed by atoms with Crippen LogP contribution >= 0.6 is 0 Å². The average molecular weight is 278 g/mol. The highest BCUT2D eigenvalue weighted by Crippen LogP contribution is 2.15. The first kappa shape index (κ1) is 16.2. The van der Waals surface area contributed by atoms with Crippen LogP contribution in [0.2, 0.25) is 0 Å². The van der Waals surface area contributed by atoms with Gasteiger partial charge in [-0.25, -0.2) is 0 Å². The van der Waals surface area contributed by atoms with Crippen molar-refractivity contribution in [2.45, 2.75) is 18.9 Å². The van der Waals surface area contributed by atoms with E-state index in [0.717, 1.165) is 5.69 Å². The lowest BCUT2D eigenvalue weighted by molar-refractivity contribution is -0.140. The van der Waals surface area contributed by atoms with Gasteiger partial charge in [-0.05, 0) is 37.7 Å². The summed E-state index contributed by atoms with van der Waals surface area (Å²) < 4.78 is 4.59. The Kier molecular flexibility index (Phi) is 6.18. The number of nitrogens with one attached hydrogen (secondary N) is 1. The number of hydrogen-bond acceptors (Lipinski definition) is 5. The third-order valence-corrected chi connectivity index (χ3v) is 3.20. The average Bonchev–Trinajstić information content (AvgIpc) is 2.47. The zero-order chi connectivity index (χ0) is 15.1. The SMILES string of the molecule is CNC(CCC(=O)OC)C(=O)c1ccc(N(C)C)cc1. The summed E-state index contributed by atoms with van der Waals surface area (Å²) in [5, 5.41) is 2.95. The van der Waals surface area contributed by atoms with Crippen LogP contribution in [0.3, 0.4) is 0 Å². The normalized spacial score (nSPS) is 11.8. The van der Waals surface area contributed by atoms with Gasteiger partial charge >= 0.3 is 5.97 Å². The molecule has 20 heavy (non-hydrogen) atoms. The summed E-state index contributed by atoms with van der Waals surface area (Å²) in [7, 11) is 6.96. The van der Waals surface area contributed by atoms with Gasteiger partial charge in [0.1, 0.15) is 0 Å². The molecule has 0 aliphatic carbocycles. The molecule has 5 heteroatoms. The molecule has 0 saturated carbocycles. The summed E-state index contributed by atoms with van der Waals surface area (Å²) in [6.45, 7) is 0. The van der Waals surface area contributed by atoms with Gasteiger partial charge in [0.2, 0.25) is 0 Å². The number of benzene rings is 1. The Morgan fingerprint density at radius 2 is 1.85 bits per heavy atom. The van der Waals surface area contributed by atoms with Crippen LogP contribution in [0.25, 0.3) is 0 Å². The van der Waals surface area contributed by atoms with Gasteiger partial charge in [-0.1, -0.05) is 0 Å². The van der Waals surface area contributed by atoms with Gasteiger partial charge in [-0.3, -0.25) is 9.59 Å². The molecule has 0 fully saturated rings. The highest BCUT2D eigenvalue weighted by Gasteiger charge is 2.19. The number of anilines is 1. The van der Waals surface area contributed by atoms with E-state index < -0.39 is 0 Å². The largest absolute Gasteiger partial charge is 0.469 e. The molecule has 1 atom stereocenters. The number of ether oxygens (including phenoxy) is 1. The maximum atomic E-state index is 12.3. The predicted octanol–water partition coefficient (Wildman–Crippen LogP) is 1.48. The molecule has 0 radical (unpaired) electrons. The second kappa shape index (κ2) is 7.65. The van der Waals surface area contributed by atoms with Gasteiger partial charge in [-0.15, -0.1) is 0 Å². The number of Topliss-reactive ketones (excluding diaryl/α,β-unsaturated/α-hetero) is 1. The smallest absolute Gasteiger partial charge is 0.305 e. The minimum atomic E-state index is -0.376. The zero-order valence-corrected chi connectivity index (χ0v) is 12.5. The van der Waals surface area contributed by atoms with E-state index >= 15 is 0 Å². The molecule has 0 bridgehead atoms. The fraction of sp³-hybridized carbons (Fsp3) is 0.467. The molecular weight excluding hydrogens is 256 g/mol. The Morgan fingerprint density at radius 1 is 1.25 bits per heavy atom. The summed E-state index contributed by atoms with van der Waals surface area (Å²) in [5.41, 5.74) is 1.68. The lowest BCUT2D eigenvalue weighted by Crippen LogP contribution is -2.34. The highest BCUT2D eigenvalue weighted by molar-refractivity contribution is 6.00. The van der Waals surface area contributed by atoms with Crippen molar-refractivity contribution in [3.05, 3.63) is 29.8 Å². The molecule has 1 aromatic rings. The molecule has 0 aliphatic heterocycles. The van der Waals surface area contributed by atoms with Crippen molar-refractivity contribution in [3.8, 4) is 0 Å². The Balaban J connectivity index is 2.72. The number of ketones is 1. The van der Waals surface area contributed by atoms with Crippen LogP contribution < -0.4 is 10.2 Å². The van der Waals surface area contributed by atoms with Crippen molar-refractivity contribution < 1.29 is 14.3 Å². The monoisotopic (exact) mass is 278 g/mol. The topological polar surface area (TPSA) is 58.6 Å². The molecule has 1 unspecified atom stereocenters. The number of esters is 1. The van der Waals surface area contributed by atoms with Gasteiger partial charge in [-0.2, -0.15) is 0 Å². The van der Waals surface area contributed by atoms with E-state index in [1.54, 1.807) is 19.2 Å². The minimum absolute atomic E-state index is 0.0123. The lowest BCUT2D eigenvalue weighted by atomic mass is 10.00. The Bertz CT molecular complexity index is 455. The van der Waals surface area contributed by atoms with Crippen LogP contribution in [0.5, 0.6) is 0 Å². The molecule has 0 aliphatic rings. The minimum Gasteiger partial charge on any atom is -0.469 e. The van der Waals surface area contributed by atoms with Gasteiger partial charge in [0.25, 0.3) is 0 Å². The lowest BCUT2D eigenvalue weighted by Gasteiger charge is -2.16. The summed E-state index contributed by atoms with van der Waals surface area (Å²) in [5.74, 6) is -0.317. The van der Waals surface area contributed by atoms with Crippen LogP contribution in [0.4, 0.5) is 5.69 Å². The summed E-state index contributed by atoms with van der Waals surface area (Å²) >= 11 is 0. The first-order valence-electron chi connectivity index (χ1n) is 6.55. The Morgan fingerprint density at radius 3 is 2.30 bits per heavy atom. The van der Waals surface area contributed by atoms with Crippen molar-refractivity contribution in [3.63, 3.8) is 0 Å².